The van der Waals surface area contributed by atoms with Crippen molar-refractivity contribution < 1.29 is 4.79 Å². The van der Waals surface area contributed by atoms with Gasteiger partial charge in [-0.3, -0.25) is 4.98 Å². The van der Waals surface area contributed by atoms with Gasteiger partial charge in [0, 0.05) is 24.2 Å². The van der Waals surface area contributed by atoms with Gasteiger partial charge in [-0.1, -0.05) is 0 Å². The number of nitrogens with zero attached hydrogens (tertiary/aromatic N) is 2. The van der Waals surface area contributed by atoms with E-state index in [-0.39, 0.29) is 6.03 Å². The molecule has 18 heavy (non-hydrogen) atoms. The number of carbonyl (C=O) groups excluding carboxylic acids is 1. The summed E-state index contributed by atoms with van der Waals surface area (Å²) in [5, 5.41) is 4.95. The smallest absolute Gasteiger partial charge is 0.320 e. The van der Waals surface area contributed by atoms with E-state index >= 15 is 0 Å². The molecular formula is C13H13N3OS. The first-order chi connectivity index (χ1) is 8.83. The molecule has 3 rings (SSSR count). The maximum atomic E-state index is 12.1. The highest BCUT2D eigenvalue weighted by atomic mass is 32.1. The van der Waals surface area contributed by atoms with Crippen molar-refractivity contribution in [2.45, 2.75) is 13.0 Å². The maximum Gasteiger partial charge on any atom is 0.322 e. The van der Waals surface area contributed by atoms with Crippen LogP contribution in [0.15, 0.2) is 36.0 Å². The summed E-state index contributed by atoms with van der Waals surface area (Å²) in [6, 6.07) is 5.69. The summed E-state index contributed by atoms with van der Waals surface area (Å²) >= 11 is 1.77. The predicted octanol–water partition coefficient (Wildman–Crippen LogP) is 2.73. The van der Waals surface area contributed by atoms with Crippen LogP contribution in [0.25, 0.3) is 0 Å². The number of carbonyl (C=O) groups is 1. The van der Waals surface area contributed by atoms with Crippen LogP contribution in [0.5, 0.6) is 0 Å². The summed E-state index contributed by atoms with van der Waals surface area (Å²) < 4.78 is 0. The lowest BCUT2D eigenvalue weighted by atomic mass is 10.1. The first kappa shape index (κ1) is 11.2. The SMILES string of the molecule is O=C(Nc1cccnc1)N1CCc2sccc2C1. The van der Waals surface area contributed by atoms with Gasteiger partial charge in [-0.25, -0.2) is 4.79 Å². The van der Waals surface area contributed by atoms with Crippen LogP contribution in [0, 0.1) is 0 Å². The van der Waals surface area contributed by atoms with E-state index in [4.69, 9.17) is 0 Å². The molecule has 0 bridgehead atoms. The molecule has 1 aliphatic heterocycles. The average molecular weight is 259 g/mol. The third-order valence-electron chi connectivity index (χ3n) is 3.01. The summed E-state index contributed by atoms with van der Waals surface area (Å²) in [6.07, 6.45) is 4.29. The van der Waals surface area contributed by atoms with Crippen LogP contribution in [0.4, 0.5) is 10.5 Å². The zero-order valence-electron chi connectivity index (χ0n) is 9.80. The molecule has 92 valence electrons. The Morgan fingerprint density at radius 1 is 1.44 bits per heavy atom. The first-order valence-corrected chi connectivity index (χ1v) is 6.72. The Balaban J connectivity index is 1.68. The zero-order chi connectivity index (χ0) is 12.4. The van der Waals surface area contributed by atoms with Gasteiger partial charge in [0.05, 0.1) is 11.9 Å². The van der Waals surface area contributed by atoms with E-state index in [9.17, 15) is 4.79 Å². The number of anilines is 1. The van der Waals surface area contributed by atoms with E-state index in [2.05, 4.69) is 21.7 Å². The summed E-state index contributed by atoms with van der Waals surface area (Å²) in [5.74, 6) is 0. The van der Waals surface area contributed by atoms with Gasteiger partial charge in [-0.05, 0) is 35.6 Å². The molecule has 4 nitrogen and oxygen atoms in total. The number of hydrogen-bond donors (Lipinski definition) is 1. The van der Waals surface area contributed by atoms with Gasteiger partial charge >= 0.3 is 6.03 Å². The van der Waals surface area contributed by atoms with Crippen LogP contribution in [-0.2, 0) is 13.0 Å². The topological polar surface area (TPSA) is 45.2 Å². The molecule has 2 amide bonds. The Morgan fingerprint density at radius 3 is 3.22 bits per heavy atom. The number of pyridine rings is 1. The second kappa shape index (κ2) is 4.78. The van der Waals surface area contributed by atoms with Gasteiger partial charge in [0.15, 0.2) is 0 Å². The molecule has 2 aromatic heterocycles. The van der Waals surface area contributed by atoms with Crippen LogP contribution < -0.4 is 5.32 Å². The van der Waals surface area contributed by atoms with E-state index in [0.29, 0.717) is 6.54 Å². The van der Waals surface area contributed by atoms with Crippen molar-refractivity contribution in [2.24, 2.45) is 0 Å². The van der Waals surface area contributed by atoms with E-state index in [1.165, 1.54) is 10.4 Å². The fourth-order valence-electron chi connectivity index (χ4n) is 2.06. The number of nitrogens with one attached hydrogen (secondary N) is 1. The third-order valence-corrected chi connectivity index (χ3v) is 4.03. The predicted molar refractivity (Wildman–Crippen MR) is 71.7 cm³/mol. The number of urea groups is 1. The lowest BCUT2D eigenvalue weighted by Crippen LogP contribution is -2.38. The Hall–Kier alpha value is -1.88. The van der Waals surface area contributed by atoms with Gasteiger partial charge in [0.1, 0.15) is 0 Å². The third kappa shape index (κ3) is 2.22. The van der Waals surface area contributed by atoms with Crippen LogP contribution in [0.1, 0.15) is 10.4 Å². The van der Waals surface area contributed by atoms with Gasteiger partial charge < -0.3 is 10.2 Å². The highest BCUT2D eigenvalue weighted by molar-refractivity contribution is 7.10. The minimum atomic E-state index is -0.0557. The van der Waals surface area contributed by atoms with Crippen LogP contribution in [0.3, 0.4) is 0 Å². The molecule has 1 N–H and O–H groups in total. The van der Waals surface area contributed by atoms with E-state index in [1.54, 1.807) is 23.7 Å². The molecule has 3 heterocycles. The van der Waals surface area contributed by atoms with Crippen molar-refractivity contribution in [1.82, 2.24) is 9.88 Å². The molecule has 0 aromatic carbocycles. The summed E-state index contributed by atoms with van der Waals surface area (Å²) in [4.78, 5) is 19.3. The van der Waals surface area contributed by atoms with Crippen LogP contribution in [0.2, 0.25) is 0 Å². The second-order valence-electron chi connectivity index (χ2n) is 4.21. The van der Waals surface area contributed by atoms with Crippen molar-refractivity contribution in [3.05, 3.63) is 46.4 Å². The van der Waals surface area contributed by atoms with Crippen LogP contribution in [-0.4, -0.2) is 22.5 Å². The fraction of sp³-hybridized carbons (Fsp3) is 0.231. The van der Waals surface area contributed by atoms with E-state index in [1.807, 2.05) is 17.0 Å². The largest absolute Gasteiger partial charge is 0.322 e. The molecule has 2 aromatic rings. The zero-order valence-corrected chi connectivity index (χ0v) is 10.6. The van der Waals surface area contributed by atoms with E-state index < -0.39 is 0 Å². The summed E-state index contributed by atoms with van der Waals surface area (Å²) in [5.41, 5.74) is 2.01. The number of aromatic nitrogens is 1. The maximum absolute atomic E-state index is 12.1. The minimum Gasteiger partial charge on any atom is -0.320 e. The Bertz CT molecular complexity index is 552. The number of thiophene rings is 1. The summed E-state index contributed by atoms with van der Waals surface area (Å²) in [6.45, 7) is 1.48. The van der Waals surface area contributed by atoms with Gasteiger partial charge in [0.2, 0.25) is 0 Å². The van der Waals surface area contributed by atoms with Crippen molar-refractivity contribution in [3.8, 4) is 0 Å². The van der Waals surface area contributed by atoms with Gasteiger partial charge in [-0.15, -0.1) is 11.3 Å². The molecule has 5 heteroatoms. The molecule has 0 atom stereocenters. The normalized spacial score (nSPS) is 14.1. The molecule has 0 spiro atoms. The molecule has 1 aliphatic rings. The average Bonchev–Trinajstić information content (AvgIpc) is 2.87. The number of rotatable bonds is 1. The minimum absolute atomic E-state index is 0.0557. The first-order valence-electron chi connectivity index (χ1n) is 5.84. The standard InChI is InChI=1S/C13H13N3OS/c17-13(15-11-2-1-5-14-8-11)16-6-3-12-10(9-16)4-7-18-12/h1-2,4-5,7-8H,3,6,9H2,(H,15,17). The number of hydrogen-bond acceptors (Lipinski definition) is 3. The molecule has 0 saturated heterocycles. The monoisotopic (exact) mass is 259 g/mol. The Labute approximate surface area is 109 Å². The van der Waals surface area contributed by atoms with Crippen LogP contribution >= 0.6 is 11.3 Å². The van der Waals surface area contributed by atoms with Crippen molar-refractivity contribution in [1.29, 1.82) is 0 Å². The highest BCUT2D eigenvalue weighted by Crippen LogP contribution is 2.24. The Kier molecular flexibility index (Phi) is 2.98. The van der Waals surface area contributed by atoms with Gasteiger partial charge in [0.25, 0.3) is 0 Å². The molecule has 0 aliphatic carbocycles. The summed E-state index contributed by atoms with van der Waals surface area (Å²) in [7, 11) is 0. The molecule has 0 fully saturated rings. The molecule has 0 saturated carbocycles. The second-order valence-corrected chi connectivity index (χ2v) is 5.21. The lowest BCUT2D eigenvalue weighted by Gasteiger charge is -2.27. The van der Waals surface area contributed by atoms with Gasteiger partial charge in [-0.2, -0.15) is 0 Å². The van der Waals surface area contributed by atoms with E-state index in [0.717, 1.165) is 18.7 Å². The Morgan fingerprint density at radius 2 is 2.39 bits per heavy atom. The van der Waals surface area contributed by atoms with Crippen molar-refractivity contribution in [3.63, 3.8) is 0 Å². The quantitative estimate of drug-likeness (QED) is 0.856. The number of fused-ring (bicyclic) bond motifs is 1. The molecule has 0 radical (unpaired) electrons. The lowest BCUT2D eigenvalue weighted by molar-refractivity contribution is 0.207. The van der Waals surface area contributed by atoms with Crippen molar-refractivity contribution >= 4 is 23.1 Å². The highest BCUT2D eigenvalue weighted by Gasteiger charge is 2.21. The van der Waals surface area contributed by atoms with Crippen molar-refractivity contribution in [2.75, 3.05) is 11.9 Å². The number of amides is 2. The fourth-order valence-corrected chi connectivity index (χ4v) is 2.95. The molecular weight excluding hydrogens is 246 g/mol. The molecule has 0 unspecified atom stereocenters.